The van der Waals surface area contributed by atoms with Gasteiger partial charge in [-0.15, -0.1) is 0 Å². The Hall–Kier alpha value is -0.0800. The molecule has 1 N–H and O–H groups in total. The minimum atomic E-state index is 0.0946. The van der Waals surface area contributed by atoms with Crippen molar-refractivity contribution in [1.29, 1.82) is 0 Å². The summed E-state index contributed by atoms with van der Waals surface area (Å²) < 4.78 is 6.05. The van der Waals surface area contributed by atoms with Gasteiger partial charge in [0.05, 0.1) is 5.60 Å². The molecule has 0 aromatic heterocycles. The van der Waals surface area contributed by atoms with Crippen LogP contribution in [0.15, 0.2) is 0 Å². The Morgan fingerprint density at radius 1 is 1.00 bits per heavy atom. The van der Waals surface area contributed by atoms with E-state index < -0.39 is 0 Å². The fourth-order valence-corrected chi connectivity index (χ4v) is 3.32. The van der Waals surface area contributed by atoms with Crippen molar-refractivity contribution in [3.8, 4) is 0 Å². The van der Waals surface area contributed by atoms with Crippen molar-refractivity contribution in [1.82, 2.24) is 5.32 Å². The molecule has 0 amide bonds. The second-order valence-corrected chi connectivity index (χ2v) is 6.68. The van der Waals surface area contributed by atoms with Gasteiger partial charge in [0, 0.05) is 12.6 Å². The highest BCUT2D eigenvalue weighted by molar-refractivity contribution is 4.92. The van der Waals surface area contributed by atoms with Crippen LogP contribution >= 0.6 is 0 Å². The second kappa shape index (κ2) is 10.6. The van der Waals surface area contributed by atoms with Gasteiger partial charge in [-0.1, -0.05) is 58.8 Å². The summed E-state index contributed by atoms with van der Waals surface area (Å²) in [7, 11) is 0. The average molecular weight is 284 g/mol. The number of hydrogen-bond donors (Lipinski definition) is 1. The molecule has 2 unspecified atom stereocenters. The van der Waals surface area contributed by atoms with E-state index in [0.29, 0.717) is 6.04 Å². The zero-order chi connectivity index (χ0) is 14.7. The molecule has 20 heavy (non-hydrogen) atoms. The first-order valence-electron chi connectivity index (χ1n) is 9.10. The average Bonchev–Trinajstić information content (AvgIpc) is 2.89. The fourth-order valence-electron chi connectivity index (χ4n) is 3.32. The lowest BCUT2D eigenvalue weighted by Gasteiger charge is -2.34. The van der Waals surface area contributed by atoms with E-state index in [9.17, 15) is 0 Å². The van der Waals surface area contributed by atoms with Crippen molar-refractivity contribution in [3.63, 3.8) is 0 Å². The van der Waals surface area contributed by atoms with Gasteiger partial charge in [-0.3, -0.25) is 0 Å². The third-order valence-electron chi connectivity index (χ3n) is 4.72. The normalized spacial score (nSPS) is 24.1. The van der Waals surface area contributed by atoms with Crippen LogP contribution in [0, 0.1) is 0 Å². The van der Waals surface area contributed by atoms with E-state index in [1.807, 2.05) is 0 Å². The number of rotatable bonds is 12. The number of hydrogen-bond acceptors (Lipinski definition) is 2. The monoisotopic (exact) mass is 283 g/mol. The predicted octanol–water partition coefficient (Wildman–Crippen LogP) is 5.06. The third-order valence-corrected chi connectivity index (χ3v) is 4.72. The Labute approximate surface area is 127 Å². The molecule has 0 radical (unpaired) electrons. The van der Waals surface area contributed by atoms with Crippen LogP contribution in [0.2, 0.25) is 0 Å². The molecule has 120 valence electrons. The van der Waals surface area contributed by atoms with Gasteiger partial charge in [-0.25, -0.2) is 0 Å². The SMILES string of the molecule is CCCCCCCCCC(NCCC)C1(C)CCCO1. The Morgan fingerprint density at radius 2 is 1.70 bits per heavy atom. The first-order chi connectivity index (χ1) is 9.73. The molecule has 2 nitrogen and oxygen atoms in total. The molecule has 1 saturated heterocycles. The maximum atomic E-state index is 6.05. The van der Waals surface area contributed by atoms with E-state index in [2.05, 4.69) is 26.1 Å². The van der Waals surface area contributed by atoms with E-state index in [0.717, 1.165) is 13.2 Å². The quantitative estimate of drug-likeness (QED) is 0.505. The summed E-state index contributed by atoms with van der Waals surface area (Å²) in [5, 5.41) is 3.74. The molecule has 0 aromatic carbocycles. The summed E-state index contributed by atoms with van der Waals surface area (Å²) in [6, 6.07) is 0.556. The zero-order valence-corrected chi connectivity index (χ0v) is 14.2. The molecule has 0 aliphatic carbocycles. The predicted molar refractivity (Wildman–Crippen MR) is 88.3 cm³/mol. The van der Waals surface area contributed by atoms with Crippen molar-refractivity contribution < 1.29 is 4.74 Å². The molecule has 1 heterocycles. The van der Waals surface area contributed by atoms with Crippen molar-refractivity contribution in [2.24, 2.45) is 0 Å². The molecule has 0 saturated carbocycles. The van der Waals surface area contributed by atoms with Crippen LogP contribution in [0.4, 0.5) is 0 Å². The van der Waals surface area contributed by atoms with Crippen LogP contribution in [0.25, 0.3) is 0 Å². The van der Waals surface area contributed by atoms with Crippen LogP contribution in [-0.4, -0.2) is 24.8 Å². The molecule has 2 atom stereocenters. The van der Waals surface area contributed by atoms with Crippen molar-refractivity contribution in [2.75, 3.05) is 13.2 Å². The highest BCUT2D eigenvalue weighted by Gasteiger charge is 2.37. The summed E-state index contributed by atoms with van der Waals surface area (Å²) in [5.74, 6) is 0. The minimum absolute atomic E-state index is 0.0946. The zero-order valence-electron chi connectivity index (χ0n) is 14.2. The lowest BCUT2D eigenvalue weighted by molar-refractivity contribution is -0.0144. The van der Waals surface area contributed by atoms with Crippen molar-refractivity contribution >= 4 is 0 Å². The van der Waals surface area contributed by atoms with Crippen LogP contribution in [-0.2, 0) is 4.74 Å². The highest BCUT2D eigenvalue weighted by atomic mass is 16.5. The van der Waals surface area contributed by atoms with E-state index in [1.165, 1.54) is 70.6 Å². The topological polar surface area (TPSA) is 21.3 Å². The van der Waals surface area contributed by atoms with Crippen LogP contribution < -0.4 is 5.32 Å². The molecule has 1 aliphatic heterocycles. The molecule has 1 fully saturated rings. The van der Waals surface area contributed by atoms with Crippen LogP contribution in [0.5, 0.6) is 0 Å². The van der Waals surface area contributed by atoms with Crippen molar-refractivity contribution in [2.45, 2.75) is 103 Å². The molecular weight excluding hydrogens is 246 g/mol. The molecule has 0 bridgehead atoms. The van der Waals surface area contributed by atoms with Crippen LogP contribution in [0.3, 0.4) is 0 Å². The molecule has 0 spiro atoms. The van der Waals surface area contributed by atoms with E-state index >= 15 is 0 Å². The molecule has 1 aliphatic rings. The first kappa shape index (κ1) is 18.0. The Bertz CT molecular complexity index is 223. The van der Waals surface area contributed by atoms with Gasteiger partial charge < -0.3 is 10.1 Å². The first-order valence-corrected chi connectivity index (χ1v) is 9.10. The summed E-state index contributed by atoms with van der Waals surface area (Å²) in [5.41, 5.74) is 0.0946. The molecule has 0 aromatic rings. The molecule has 2 heteroatoms. The summed E-state index contributed by atoms with van der Waals surface area (Å²) in [6.07, 6.45) is 14.7. The summed E-state index contributed by atoms with van der Waals surface area (Å²) >= 11 is 0. The second-order valence-electron chi connectivity index (χ2n) is 6.68. The van der Waals surface area contributed by atoms with Gasteiger partial charge in [0.25, 0.3) is 0 Å². The maximum absolute atomic E-state index is 6.05. The number of unbranched alkanes of at least 4 members (excludes halogenated alkanes) is 6. The molecular formula is C18H37NO. The summed E-state index contributed by atoms with van der Waals surface area (Å²) in [6.45, 7) is 8.93. The van der Waals surface area contributed by atoms with Gasteiger partial charge in [0.1, 0.15) is 0 Å². The Kier molecular flexibility index (Phi) is 9.54. The van der Waals surface area contributed by atoms with E-state index in [4.69, 9.17) is 4.74 Å². The number of ether oxygens (including phenoxy) is 1. The van der Waals surface area contributed by atoms with E-state index in [-0.39, 0.29) is 5.60 Å². The Balaban J connectivity index is 2.20. The van der Waals surface area contributed by atoms with Gasteiger partial charge in [-0.2, -0.15) is 0 Å². The smallest absolute Gasteiger partial charge is 0.0807 e. The standard InChI is InChI=1S/C18H37NO/c1-4-6-7-8-9-10-11-13-17(19-15-5-2)18(3)14-12-16-20-18/h17,19H,4-16H2,1-3H3. The van der Waals surface area contributed by atoms with Gasteiger partial charge >= 0.3 is 0 Å². The fraction of sp³-hybridized carbons (Fsp3) is 1.00. The number of nitrogens with one attached hydrogen (secondary N) is 1. The minimum Gasteiger partial charge on any atom is -0.374 e. The van der Waals surface area contributed by atoms with Crippen LogP contribution in [0.1, 0.15) is 91.4 Å². The summed E-state index contributed by atoms with van der Waals surface area (Å²) in [4.78, 5) is 0. The van der Waals surface area contributed by atoms with Gasteiger partial charge in [-0.05, 0) is 39.2 Å². The van der Waals surface area contributed by atoms with E-state index in [1.54, 1.807) is 0 Å². The maximum Gasteiger partial charge on any atom is 0.0807 e. The lowest BCUT2D eigenvalue weighted by Crippen LogP contribution is -2.48. The lowest BCUT2D eigenvalue weighted by atomic mass is 9.89. The Morgan fingerprint density at radius 3 is 2.30 bits per heavy atom. The van der Waals surface area contributed by atoms with Gasteiger partial charge in [0.2, 0.25) is 0 Å². The third kappa shape index (κ3) is 6.58. The largest absolute Gasteiger partial charge is 0.374 e. The molecule has 1 rings (SSSR count). The van der Waals surface area contributed by atoms with Crippen molar-refractivity contribution in [3.05, 3.63) is 0 Å². The highest BCUT2D eigenvalue weighted by Crippen LogP contribution is 2.31. The van der Waals surface area contributed by atoms with Gasteiger partial charge in [0.15, 0.2) is 0 Å².